The molecule has 0 amide bonds. The number of carbonyl (C=O) groups is 1. The molecule has 0 heterocycles. The second-order valence-electron chi connectivity index (χ2n) is 3.26. The van der Waals surface area contributed by atoms with Crippen molar-refractivity contribution in [1.29, 1.82) is 0 Å². The summed E-state index contributed by atoms with van der Waals surface area (Å²) in [7, 11) is 0. The quantitative estimate of drug-likeness (QED) is 0.511. The molecule has 1 atom stereocenters. The van der Waals surface area contributed by atoms with Crippen LogP contribution in [0.2, 0.25) is 0 Å². The first kappa shape index (κ1) is 7.77. The topological polar surface area (TPSA) is 17.1 Å². The van der Waals surface area contributed by atoms with Gasteiger partial charge in [-0.2, -0.15) is 0 Å². The van der Waals surface area contributed by atoms with Gasteiger partial charge in [-0.25, -0.2) is 0 Å². The maximum absolute atomic E-state index is 11.1. The van der Waals surface area contributed by atoms with Crippen molar-refractivity contribution in [3.05, 3.63) is 0 Å². The summed E-state index contributed by atoms with van der Waals surface area (Å²) in [5.74, 6) is 1.19. The summed E-state index contributed by atoms with van der Waals surface area (Å²) < 4.78 is 0. The van der Waals surface area contributed by atoms with Crippen molar-refractivity contribution in [2.45, 2.75) is 45.4 Å². The Morgan fingerprint density at radius 2 is 2.30 bits per heavy atom. The number of Topliss-reactive ketones (excluding diaryl/α,β-unsaturated/α-hetero) is 1. The molecular weight excluding hydrogens is 124 g/mol. The van der Waals surface area contributed by atoms with Crippen LogP contribution < -0.4 is 0 Å². The summed E-state index contributed by atoms with van der Waals surface area (Å²) in [4.78, 5) is 11.1. The van der Waals surface area contributed by atoms with Crippen molar-refractivity contribution < 1.29 is 4.79 Å². The van der Waals surface area contributed by atoms with Crippen LogP contribution in [0.25, 0.3) is 0 Å². The van der Waals surface area contributed by atoms with Crippen LogP contribution in [0.3, 0.4) is 0 Å². The largest absolute Gasteiger partial charge is 0.300 e. The van der Waals surface area contributed by atoms with Gasteiger partial charge in [-0.3, -0.25) is 4.79 Å². The summed E-state index contributed by atoms with van der Waals surface area (Å²) >= 11 is 0. The lowest BCUT2D eigenvalue weighted by atomic mass is 9.97. The Balaban J connectivity index is 2.38. The van der Waals surface area contributed by atoms with Gasteiger partial charge in [-0.05, 0) is 12.3 Å². The number of rotatable bonds is 1. The molecule has 10 heavy (non-hydrogen) atoms. The molecule has 1 aliphatic rings. The molecule has 0 aromatic rings. The Kier molecular flexibility index (Phi) is 2.91. The van der Waals surface area contributed by atoms with E-state index in [0.29, 0.717) is 11.7 Å². The molecule has 1 rings (SSSR count). The predicted octanol–water partition coefficient (Wildman–Crippen LogP) is 2.55. The van der Waals surface area contributed by atoms with E-state index in [9.17, 15) is 4.79 Å². The van der Waals surface area contributed by atoms with Gasteiger partial charge in [0.1, 0.15) is 5.78 Å². The van der Waals surface area contributed by atoms with E-state index >= 15 is 0 Å². The number of hydrogen-bond acceptors (Lipinski definition) is 1. The minimum absolute atomic E-state index is 0.490. The normalized spacial score (nSPS) is 28.1. The van der Waals surface area contributed by atoms with Crippen LogP contribution in [-0.2, 0) is 4.79 Å². The second-order valence-corrected chi connectivity index (χ2v) is 3.26. The lowest BCUT2D eigenvalue weighted by Gasteiger charge is -2.07. The van der Waals surface area contributed by atoms with E-state index in [1.54, 1.807) is 0 Å². The van der Waals surface area contributed by atoms with Crippen LogP contribution >= 0.6 is 0 Å². The van der Waals surface area contributed by atoms with E-state index in [2.05, 4.69) is 6.92 Å². The molecule has 1 fully saturated rings. The van der Waals surface area contributed by atoms with Gasteiger partial charge in [-0.1, -0.05) is 26.2 Å². The zero-order valence-corrected chi connectivity index (χ0v) is 6.73. The monoisotopic (exact) mass is 140 g/mol. The van der Waals surface area contributed by atoms with Gasteiger partial charge >= 0.3 is 0 Å². The van der Waals surface area contributed by atoms with Crippen molar-refractivity contribution >= 4 is 5.78 Å². The van der Waals surface area contributed by atoms with Crippen molar-refractivity contribution in [1.82, 2.24) is 0 Å². The molecule has 0 N–H and O–H groups in total. The molecule has 0 aromatic carbocycles. The van der Waals surface area contributed by atoms with Crippen LogP contribution in [0.5, 0.6) is 0 Å². The summed E-state index contributed by atoms with van der Waals surface area (Å²) in [6.07, 6.45) is 6.57. The molecule has 0 aromatic heterocycles. The third-order valence-electron chi connectivity index (χ3n) is 2.41. The molecule has 0 bridgehead atoms. The van der Waals surface area contributed by atoms with Gasteiger partial charge in [0.2, 0.25) is 0 Å². The van der Waals surface area contributed by atoms with Crippen molar-refractivity contribution in [3.63, 3.8) is 0 Å². The Bertz CT molecular complexity index is 118. The van der Waals surface area contributed by atoms with Crippen molar-refractivity contribution in [2.24, 2.45) is 5.92 Å². The van der Waals surface area contributed by atoms with Gasteiger partial charge in [-0.15, -0.1) is 0 Å². The fraction of sp³-hybridized carbons (Fsp3) is 0.889. The van der Waals surface area contributed by atoms with Crippen LogP contribution in [0.1, 0.15) is 45.4 Å². The zero-order chi connectivity index (χ0) is 7.40. The first-order valence-electron chi connectivity index (χ1n) is 4.34. The fourth-order valence-corrected chi connectivity index (χ4v) is 1.63. The van der Waals surface area contributed by atoms with Gasteiger partial charge in [0.15, 0.2) is 0 Å². The van der Waals surface area contributed by atoms with Gasteiger partial charge in [0, 0.05) is 12.8 Å². The molecule has 1 unspecified atom stereocenters. The molecule has 58 valence electrons. The highest BCUT2D eigenvalue weighted by Gasteiger charge is 2.15. The smallest absolute Gasteiger partial charge is 0.133 e. The highest BCUT2D eigenvalue weighted by Crippen LogP contribution is 2.22. The molecule has 1 aliphatic carbocycles. The number of ketones is 1. The molecule has 1 nitrogen and oxygen atoms in total. The molecule has 0 radical (unpaired) electrons. The first-order valence-corrected chi connectivity index (χ1v) is 4.34. The Hall–Kier alpha value is -0.330. The van der Waals surface area contributed by atoms with Gasteiger partial charge in [0.25, 0.3) is 0 Å². The minimum Gasteiger partial charge on any atom is -0.300 e. The molecular formula is C9H16O. The number of carbonyl (C=O) groups excluding carboxylic acids is 1. The van der Waals surface area contributed by atoms with Crippen LogP contribution in [0.15, 0.2) is 0 Å². The summed E-state index contributed by atoms with van der Waals surface area (Å²) in [6.45, 7) is 2.18. The van der Waals surface area contributed by atoms with E-state index in [1.165, 1.54) is 19.3 Å². The van der Waals surface area contributed by atoms with Crippen LogP contribution in [0.4, 0.5) is 0 Å². The summed E-state index contributed by atoms with van der Waals surface area (Å²) in [5.41, 5.74) is 0. The highest BCUT2D eigenvalue weighted by atomic mass is 16.1. The zero-order valence-electron chi connectivity index (χ0n) is 6.73. The molecule has 1 saturated carbocycles. The van der Waals surface area contributed by atoms with Crippen molar-refractivity contribution in [2.75, 3.05) is 0 Å². The highest BCUT2D eigenvalue weighted by molar-refractivity contribution is 5.78. The fourth-order valence-electron chi connectivity index (χ4n) is 1.63. The number of hydrogen-bond donors (Lipinski definition) is 0. The average Bonchev–Trinajstić information content (AvgIpc) is 2.13. The maximum Gasteiger partial charge on any atom is 0.133 e. The summed E-state index contributed by atoms with van der Waals surface area (Å²) in [5, 5.41) is 0. The lowest BCUT2D eigenvalue weighted by Crippen LogP contribution is -2.03. The SMILES string of the molecule is CCC1CCCCC(=O)C1. The molecule has 0 saturated heterocycles. The molecule has 0 spiro atoms. The van der Waals surface area contributed by atoms with E-state index in [4.69, 9.17) is 0 Å². The standard InChI is InChI=1S/C9H16O/c1-2-8-5-3-4-6-9(10)7-8/h8H,2-7H2,1H3. The third-order valence-corrected chi connectivity index (χ3v) is 2.41. The Morgan fingerprint density at radius 1 is 1.50 bits per heavy atom. The predicted molar refractivity (Wildman–Crippen MR) is 41.9 cm³/mol. The Morgan fingerprint density at radius 3 is 3.00 bits per heavy atom. The average molecular weight is 140 g/mol. The van der Waals surface area contributed by atoms with Gasteiger partial charge < -0.3 is 0 Å². The minimum atomic E-state index is 0.490. The van der Waals surface area contributed by atoms with E-state index in [-0.39, 0.29) is 0 Å². The van der Waals surface area contributed by atoms with E-state index in [1.807, 2.05) is 0 Å². The molecule has 0 aliphatic heterocycles. The van der Waals surface area contributed by atoms with Crippen LogP contribution in [0, 0.1) is 5.92 Å². The van der Waals surface area contributed by atoms with Crippen molar-refractivity contribution in [3.8, 4) is 0 Å². The second kappa shape index (κ2) is 3.75. The van der Waals surface area contributed by atoms with E-state index in [0.717, 1.165) is 19.3 Å². The summed E-state index contributed by atoms with van der Waals surface area (Å²) in [6, 6.07) is 0. The van der Waals surface area contributed by atoms with E-state index < -0.39 is 0 Å². The lowest BCUT2D eigenvalue weighted by molar-refractivity contribution is -0.119. The van der Waals surface area contributed by atoms with Crippen LogP contribution in [-0.4, -0.2) is 5.78 Å². The Labute approximate surface area is 62.8 Å². The molecule has 1 heteroatoms. The van der Waals surface area contributed by atoms with Gasteiger partial charge in [0.05, 0.1) is 0 Å². The maximum atomic E-state index is 11.1. The third kappa shape index (κ3) is 2.13. The first-order chi connectivity index (χ1) is 4.83.